The van der Waals surface area contributed by atoms with E-state index in [-0.39, 0.29) is 56.2 Å². The fraction of sp³-hybridized carbons (Fsp3) is 0.278. The molecule has 3 heterocycles. The first-order valence-electron chi connectivity index (χ1n) is 15.6. The number of nitrogens with zero attached hydrogens (tertiary/aromatic N) is 4. The molecule has 6 rings (SSSR count). The Kier molecular flexibility index (Phi) is 9.08. The van der Waals surface area contributed by atoms with Gasteiger partial charge in [-0.25, -0.2) is 14.8 Å². The van der Waals surface area contributed by atoms with E-state index in [1.165, 1.54) is 6.92 Å². The lowest BCUT2D eigenvalue weighted by Gasteiger charge is -2.55. The molecule has 1 aromatic heterocycles. The lowest BCUT2D eigenvalue weighted by Crippen LogP contribution is -2.76. The number of nitrogens with one attached hydrogen (secondary N) is 2. The number of amides is 4. The summed E-state index contributed by atoms with van der Waals surface area (Å²) in [5.74, 6) is 0.163. The number of rotatable bonds is 10. The van der Waals surface area contributed by atoms with Crippen LogP contribution in [0.25, 0.3) is 10.9 Å². The van der Waals surface area contributed by atoms with Crippen LogP contribution >= 0.6 is 0 Å². The molecule has 11 heteroatoms. The minimum Gasteiger partial charge on any atom is -0.497 e. The molecule has 47 heavy (non-hydrogen) atoms. The van der Waals surface area contributed by atoms with Gasteiger partial charge in [0.25, 0.3) is 0 Å². The molecule has 3 aromatic carbocycles. The highest BCUT2D eigenvalue weighted by Gasteiger charge is 2.51. The van der Waals surface area contributed by atoms with E-state index in [4.69, 9.17) is 4.74 Å². The molecule has 0 bridgehead atoms. The van der Waals surface area contributed by atoms with Gasteiger partial charge in [0, 0.05) is 43.2 Å². The summed E-state index contributed by atoms with van der Waals surface area (Å²) in [4.78, 5) is 61.0. The van der Waals surface area contributed by atoms with Gasteiger partial charge in [-0.15, -0.1) is 6.58 Å². The van der Waals surface area contributed by atoms with E-state index in [1.54, 1.807) is 39.2 Å². The molecule has 2 atom stereocenters. The van der Waals surface area contributed by atoms with Gasteiger partial charge >= 0.3 is 6.03 Å². The summed E-state index contributed by atoms with van der Waals surface area (Å²) in [7, 11) is 1.59. The maximum absolute atomic E-state index is 14.4. The van der Waals surface area contributed by atoms with E-state index in [0.717, 1.165) is 27.6 Å². The number of urea groups is 1. The molecular weight excluding hydrogens is 596 g/mol. The van der Waals surface area contributed by atoms with Crippen molar-refractivity contribution in [2.24, 2.45) is 0 Å². The fourth-order valence-corrected chi connectivity index (χ4v) is 6.53. The third-order valence-electron chi connectivity index (χ3n) is 8.79. The van der Waals surface area contributed by atoms with Gasteiger partial charge in [-0.1, -0.05) is 66.7 Å². The maximum Gasteiger partial charge on any atom is 0.334 e. The minimum absolute atomic E-state index is 0.0576. The first-order valence-corrected chi connectivity index (χ1v) is 15.6. The highest BCUT2D eigenvalue weighted by Crippen LogP contribution is 2.31. The number of carbonyl (C=O) groups is 4. The molecule has 0 unspecified atom stereocenters. The SMILES string of the molecule is C=CCN1CC(=O)N2[C@@H](Cc3ccc(OC)cc3)C(=O)N(Cc3cccc4c(C(C)=O)c[nH]c34)C[C@@H]2N1C(=O)NCc1ccccc1. The van der Waals surface area contributed by atoms with Crippen molar-refractivity contribution < 1.29 is 23.9 Å². The summed E-state index contributed by atoms with van der Waals surface area (Å²) in [6.45, 7) is 6.16. The van der Waals surface area contributed by atoms with Crippen molar-refractivity contribution in [3.63, 3.8) is 0 Å². The standard InChI is InChI=1S/C36H38N6O5/c1-4-17-40-23-33(44)41-31(18-25-13-15-28(47-3)16-14-25)35(45)39(21-27-11-8-12-29-30(24(2)43)20-37-34(27)29)22-32(41)42(40)36(46)38-19-26-9-6-5-7-10-26/h4-16,20,31-32,37H,1,17-19,21-23H2,2-3H3,(H,38,46)/t31-,32-/m0/s1. The Morgan fingerprint density at radius 3 is 2.49 bits per heavy atom. The van der Waals surface area contributed by atoms with Gasteiger partial charge in [-0.2, -0.15) is 0 Å². The van der Waals surface area contributed by atoms with E-state index in [0.29, 0.717) is 17.9 Å². The van der Waals surface area contributed by atoms with Crippen LogP contribution in [0.15, 0.2) is 91.6 Å². The first kappa shape index (κ1) is 31.6. The van der Waals surface area contributed by atoms with Gasteiger partial charge < -0.3 is 24.8 Å². The molecule has 4 amide bonds. The molecule has 0 saturated carbocycles. The zero-order chi connectivity index (χ0) is 33.1. The Balaban J connectivity index is 1.37. The molecule has 2 aliphatic heterocycles. The van der Waals surface area contributed by atoms with Crippen LogP contribution in [-0.2, 0) is 29.1 Å². The Labute approximate surface area is 273 Å². The predicted octanol–water partition coefficient (Wildman–Crippen LogP) is 4.12. The molecule has 0 radical (unpaired) electrons. The maximum atomic E-state index is 14.4. The second-order valence-corrected chi connectivity index (χ2v) is 11.8. The summed E-state index contributed by atoms with van der Waals surface area (Å²) in [5.41, 5.74) is 3.96. The molecular formula is C36H38N6O5. The Morgan fingerprint density at radius 1 is 1.02 bits per heavy atom. The number of Topliss-reactive ketones (excluding diaryl/α,β-unsaturated/α-hetero) is 1. The number of aromatic nitrogens is 1. The van der Waals surface area contributed by atoms with E-state index in [1.807, 2.05) is 72.8 Å². The largest absolute Gasteiger partial charge is 0.497 e. The van der Waals surface area contributed by atoms with E-state index in [2.05, 4.69) is 16.9 Å². The van der Waals surface area contributed by atoms with Gasteiger partial charge in [0.2, 0.25) is 11.8 Å². The van der Waals surface area contributed by atoms with Crippen LogP contribution in [0.5, 0.6) is 5.75 Å². The molecule has 0 spiro atoms. The van der Waals surface area contributed by atoms with Crippen molar-refractivity contribution in [1.82, 2.24) is 30.1 Å². The van der Waals surface area contributed by atoms with Crippen LogP contribution in [-0.4, -0.2) is 87.4 Å². The van der Waals surface area contributed by atoms with Crippen LogP contribution in [0.4, 0.5) is 4.79 Å². The van der Waals surface area contributed by atoms with Gasteiger partial charge in [0.15, 0.2) is 5.78 Å². The third-order valence-corrected chi connectivity index (χ3v) is 8.79. The number of piperazine rings is 1. The molecule has 0 aliphatic carbocycles. The highest BCUT2D eigenvalue weighted by atomic mass is 16.5. The lowest BCUT2D eigenvalue weighted by atomic mass is 9.98. The quantitative estimate of drug-likeness (QED) is 0.200. The smallest absolute Gasteiger partial charge is 0.334 e. The van der Waals surface area contributed by atoms with Gasteiger partial charge in [0.05, 0.1) is 25.7 Å². The summed E-state index contributed by atoms with van der Waals surface area (Å²) >= 11 is 0. The Morgan fingerprint density at radius 2 is 1.79 bits per heavy atom. The average Bonchev–Trinajstić information content (AvgIpc) is 3.52. The van der Waals surface area contributed by atoms with Crippen molar-refractivity contribution in [2.45, 2.75) is 38.6 Å². The molecule has 2 saturated heterocycles. The zero-order valence-corrected chi connectivity index (χ0v) is 26.5. The third kappa shape index (κ3) is 6.34. The Bertz CT molecular complexity index is 1800. The summed E-state index contributed by atoms with van der Waals surface area (Å²) in [6.07, 6.45) is 2.82. The van der Waals surface area contributed by atoms with Crippen molar-refractivity contribution in [2.75, 3.05) is 26.7 Å². The molecule has 2 aliphatic rings. The predicted molar refractivity (Wildman–Crippen MR) is 177 cm³/mol. The van der Waals surface area contributed by atoms with Gasteiger partial charge in [-0.3, -0.25) is 14.4 Å². The van der Waals surface area contributed by atoms with Crippen molar-refractivity contribution in [3.05, 3.63) is 114 Å². The lowest BCUT2D eigenvalue weighted by molar-refractivity contribution is -0.189. The first-order chi connectivity index (χ1) is 22.8. The molecule has 242 valence electrons. The molecule has 2 fully saturated rings. The van der Waals surface area contributed by atoms with E-state index in [9.17, 15) is 19.2 Å². The van der Waals surface area contributed by atoms with Gasteiger partial charge in [0.1, 0.15) is 18.0 Å². The number of benzene rings is 3. The van der Waals surface area contributed by atoms with Crippen LogP contribution in [0.2, 0.25) is 0 Å². The molecule has 4 aromatic rings. The van der Waals surface area contributed by atoms with Crippen LogP contribution in [0.1, 0.15) is 34.0 Å². The second-order valence-electron chi connectivity index (χ2n) is 11.8. The monoisotopic (exact) mass is 634 g/mol. The summed E-state index contributed by atoms with van der Waals surface area (Å²) < 4.78 is 5.32. The summed E-state index contributed by atoms with van der Waals surface area (Å²) in [6, 6.07) is 21.4. The second kappa shape index (κ2) is 13.5. The van der Waals surface area contributed by atoms with Crippen molar-refractivity contribution in [3.8, 4) is 5.75 Å². The van der Waals surface area contributed by atoms with Crippen LogP contribution in [0.3, 0.4) is 0 Å². The number of hydrazine groups is 1. The number of aromatic amines is 1. The average molecular weight is 635 g/mol. The number of hydrogen-bond donors (Lipinski definition) is 2. The molecule has 11 nitrogen and oxygen atoms in total. The van der Waals surface area contributed by atoms with Crippen LogP contribution in [0, 0.1) is 0 Å². The number of ketones is 1. The van der Waals surface area contributed by atoms with E-state index < -0.39 is 12.2 Å². The topological polar surface area (TPSA) is 118 Å². The number of hydrogen-bond acceptors (Lipinski definition) is 6. The Hall–Kier alpha value is -5.42. The number of H-pyrrole nitrogens is 1. The van der Waals surface area contributed by atoms with E-state index >= 15 is 0 Å². The molecule has 2 N–H and O–H groups in total. The zero-order valence-electron chi connectivity index (χ0n) is 26.5. The highest BCUT2D eigenvalue weighted by molar-refractivity contribution is 6.07. The summed E-state index contributed by atoms with van der Waals surface area (Å²) in [5, 5.41) is 7.04. The number of para-hydroxylation sites is 1. The normalized spacial score (nSPS) is 18.3. The minimum atomic E-state index is -0.861. The van der Waals surface area contributed by atoms with Crippen molar-refractivity contribution in [1.29, 1.82) is 0 Å². The fourth-order valence-electron chi connectivity index (χ4n) is 6.53. The number of ether oxygens (including phenoxy) is 1. The number of carbonyl (C=O) groups excluding carboxylic acids is 4. The van der Waals surface area contributed by atoms with Gasteiger partial charge in [-0.05, 0) is 35.7 Å². The van der Waals surface area contributed by atoms with Crippen LogP contribution < -0.4 is 10.1 Å². The number of methoxy groups -OCH3 is 1. The number of fused-ring (bicyclic) bond motifs is 2. The van der Waals surface area contributed by atoms with Crippen molar-refractivity contribution >= 4 is 34.5 Å².